The third-order valence-electron chi connectivity index (χ3n) is 4.62. The van der Waals surface area contributed by atoms with Crippen molar-refractivity contribution in [3.8, 4) is 0 Å². The molecule has 1 aromatic heterocycles. The van der Waals surface area contributed by atoms with Gasteiger partial charge in [0.05, 0.1) is 11.5 Å². The molecule has 5 nitrogen and oxygen atoms in total. The summed E-state index contributed by atoms with van der Waals surface area (Å²) >= 11 is 0. The zero-order valence-corrected chi connectivity index (χ0v) is 12.6. The first-order valence-electron chi connectivity index (χ1n) is 7.76. The molecule has 1 aliphatic heterocycles. The van der Waals surface area contributed by atoms with Gasteiger partial charge < -0.3 is 10.2 Å². The highest BCUT2D eigenvalue weighted by Crippen LogP contribution is 2.50. The molecule has 0 bridgehead atoms. The molecule has 4 rings (SSSR count). The third-order valence-corrected chi connectivity index (χ3v) is 4.62. The van der Waals surface area contributed by atoms with E-state index in [1.165, 1.54) is 12.1 Å². The molecule has 23 heavy (non-hydrogen) atoms. The summed E-state index contributed by atoms with van der Waals surface area (Å²) < 4.78 is 13.1. The summed E-state index contributed by atoms with van der Waals surface area (Å²) in [7, 11) is 0. The van der Waals surface area contributed by atoms with Gasteiger partial charge in [0.2, 0.25) is 11.9 Å². The number of rotatable bonds is 4. The van der Waals surface area contributed by atoms with Crippen molar-refractivity contribution in [2.75, 3.05) is 18.4 Å². The molecule has 1 saturated heterocycles. The van der Waals surface area contributed by atoms with Crippen LogP contribution in [-0.4, -0.2) is 39.9 Å². The van der Waals surface area contributed by atoms with Crippen LogP contribution < -0.4 is 5.32 Å². The summed E-state index contributed by atoms with van der Waals surface area (Å²) in [4.78, 5) is 22.9. The van der Waals surface area contributed by atoms with Crippen molar-refractivity contribution in [3.05, 3.63) is 54.1 Å². The van der Waals surface area contributed by atoms with Crippen molar-refractivity contribution < 1.29 is 9.18 Å². The van der Waals surface area contributed by atoms with Gasteiger partial charge in [0.1, 0.15) is 5.82 Å². The molecule has 1 aromatic carbocycles. The van der Waals surface area contributed by atoms with E-state index in [0.29, 0.717) is 19.0 Å². The molecular weight excluding hydrogens is 295 g/mol. The minimum atomic E-state index is -0.429. The highest BCUT2D eigenvalue weighted by molar-refractivity contribution is 5.92. The molecule has 0 radical (unpaired) electrons. The summed E-state index contributed by atoms with van der Waals surface area (Å²) in [6.45, 7) is 1.31. The molecule has 1 saturated carbocycles. The van der Waals surface area contributed by atoms with E-state index in [1.54, 1.807) is 30.6 Å². The quantitative estimate of drug-likeness (QED) is 0.938. The molecule has 0 spiro atoms. The maximum atomic E-state index is 13.1. The third kappa shape index (κ3) is 2.54. The molecular formula is C17H17FN4O. The Kier molecular flexibility index (Phi) is 3.25. The van der Waals surface area contributed by atoms with Crippen LogP contribution in [0, 0.1) is 5.82 Å². The second kappa shape index (κ2) is 5.30. The standard InChI is InChI=1S/C17H17FN4O/c18-13-4-2-12(3-5-13)17(6-7-17)15(23)22-10-14(11-22)21-16-19-8-1-9-20-16/h1-5,8-9,14H,6-7,10-11H2,(H,19,20,21). The lowest BCUT2D eigenvalue weighted by Crippen LogP contribution is -2.59. The summed E-state index contributed by atoms with van der Waals surface area (Å²) in [6.07, 6.45) is 5.05. The number of carbonyl (C=O) groups excluding carboxylic acids is 1. The van der Waals surface area contributed by atoms with Crippen LogP contribution in [0.15, 0.2) is 42.7 Å². The predicted octanol–water partition coefficient (Wildman–Crippen LogP) is 1.97. The Hall–Kier alpha value is -2.50. The minimum absolute atomic E-state index is 0.149. The molecule has 0 unspecified atom stereocenters. The maximum Gasteiger partial charge on any atom is 0.233 e. The number of nitrogens with one attached hydrogen (secondary N) is 1. The normalized spacial score (nSPS) is 19.1. The average Bonchev–Trinajstić information content (AvgIpc) is 3.33. The van der Waals surface area contributed by atoms with Gasteiger partial charge in [-0.15, -0.1) is 0 Å². The van der Waals surface area contributed by atoms with Crippen LogP contribution in [0.2, 0.25) is 0 Å². The van der Waals surface area contributed by atoms with Gasteiger partial charge in [-0.05, 0) is 36.6 Å². The number of nitrogens with zero attached hydrogens (tertiary/aromatic N) is 3. The highest BCUT2D eigenvalue weighted by atomic mass is 19.1. The molecule has 6 heteroatoms. The van der Waals surface area contributed by atoms with E-state index in [-0.39, 0.29) is 17.8 Å². The highest BCUT2D eigenvalue weighted by Gasteiger charge is 2.54. The van der Waals surface area contributed by atoms with Gasteiger partial charge in [0.15, 0.2) is 0 Å². The van der Waals surface area contributed by atoms with Crippen LogP contribution in [0.1, 0.15) is 18.4 Å². The second-order valence-corrected chi connectivity index (χ2v) is 6.21. The molecule has 2 aromatic rings. The molecule has 1 amide bonds. The Morgan fingerprint density at radius 1 is 1.17 bits per heavy atom. The van der Waals surface area contributed by atoms with Crippen molar-refractivity contribution >= 4 is 11.9 Å². The minimum Gasteiger partial charge on any atom is -0.348 e. The Morgan fingerprint density at radius 3 is 2.43 bits per heavy atom. The van der Waals surface area contributed by atoms with Crippen LogP contribution in [0.25, 0.3) is 0 Å². The Morgan fingerprint density at radius 2 is 1.83 bits per heavy atom. The van der Waals surface area contributed by atoms with Crippen LogP contribution in [-0.2, 0) is 10.2 Å². The number of benzene rings is 1. The van der Waals surface area contributed by atoms with E-state index in [4.69, 9.17) is 0 Å². The summed E-state index contributed by atoms with van der Waals surface area (Å²) in [5, 5.41) is 3.22. The van der Waals surface area contributed by atoms with E-state index in [0.717, 1.165) is 18.4 Å². The molecule has 2 aliphatic rings. The average molecular weight is 312 g/mol. The monoisotopic (exact) mass is 312 g/mol. The van der Waals surface area contributed by atoms with Gasteiger partial charge in [0.25, 0.3) is 0 Å². The predicted molar refractivity (Wildman–Crippen MR) is 83.3 cm³/mol. The van der Waals surface area contributed by atoms with Gasteiger partial charge in [-0.25, -0.2) is 14.4 Å². The number of hydrogen-bond acceptors (Lipinski definition) is 4. The lowest BCUT2D eigenvalue weighted by Gasteiger charge is -2.41. The Balaban J connectivity index is 1.39. The van der Waals surface area contributed by atoms with Gasteiger partial charge in [0, 0.05) is 25.5 Å². The number of carbonyl (C=O) groups is 1. The fraction of sp³-hybridized carbons (Fsp3) is 0.353. The summed E-state index contributed by atoms with van der Waals surface area (Å²) in [6, 6.07) is 8.26. The summed E-state index contributed by atoms with van der Waals surface area (Å²) in [5.41, 5.74) is 0.494. The largest absolute Gasteiger partial charge is 0.348 e. The number of hydrogen-bond donors (Lipinski definition) is 1. The van der Waals surface area contributed by atoms with E-state index >= 15 is 0 Å². The molecule has 118 valence electrons. The van der Waals surface area contributed by atoms with Crippen LogP contribution in [0.3, 0.4) is 0 Å². The lowest BCUT2D eigenvalue weighted by molar-refractivity contribution is -0.138. The molecule has 2 fully saturated rings. The number of aromatic nitrogens is 2. The fourth-order valence-electron chi connectivity index (χ4n) is 3.11. The first kappa shape index (κ1) is 14.1. The topological polar surface area (TPSA) is 58.1 Å². The molecule has 0 atom stereocenters. The lowest BCUT2D eigenvalue weighted by atomic mass is 9.92. The smallest absolute Gasteiger partial charge is 0.233 e. The van der Waals surface area contributed by atoms with Crippen molar-refractivity contribution in [1.82, 2.24) is 14.9 Å². The van der Waals surface area contributed by atoms with Gasteiger partial charge in [-0.3, -0.25) is 4.79 Å². The van der Waals surface area contributed by atoms with Crippen molar-refractivity contribution in [3.63, 3.8) is 0 Å². The van der Waals surface area contributed by atoms with Crippen LogP contribution in [0.4, 0.5) is 10.3 Å². The Bertz CT molecular complexity index is 709. The van der Waals surface area contributed by atoms with Crippen molar-refractivity contribution in [2.24, 2.45) is 0 Å². The zero-order valence-electron chi connectivity index (χ0n) is 12.6. The van der Waals surface area contributed by atoms with Crippen LogP contribution >= 0.6 is 0 Å². The fourth-order valence-corrected chi connectivity index (χ4v) is 3.11. The first-order chi connectivity index (χ1) is 11.2. The van der Waals surface area contributed by atoms with Crippen molar-refractivity contribution in [2.45, 2.75) is 24.3 Å². The van der Waals surface area contributed by atoms with Gasteiger partial charge in [-0.2, -0.15) is 0 Å². The SMILES string of the molecule is O=C(N1CC(Nc2ncccn2)C1)C1(c2ccc(F)cc2)CC1. The molecule has 1 aliphatic carbocycles. The number of anilines is 1. The van der Waals surface area contributed by atoms with Crippen molar-refractivity contribution in [1.29, 1.82) is 0 Å². The van der Waals surface area contributed by atoms with Crippen LogP contribution in [0.5, 0.6) is 0 Å². The number of halogens is 1. The van der Waals surface area contributed by atoms with E-state index in [2.05, 4.69) is 15.3 Å². The van der Waals surface area contributed by atoms with E-state index < -0.39 is 5.41 Å². The molecule has 1 N–H and O–H groups in total. The number of amides is 1. The van der Waals surface area contributed by atoms with E-state index in [1.807, 2.05) is 4.90 Å². The second-order valence-electron chi connectivity index (χ2n) is 6.21. The number of likely N-dealkylation sites (tertiary alicyclic amines) is 1. The van der Waals surface area contributed by atoms with E-state index in [9.17, 15) is 9.18 Å². The van der Waals surface area contributed by atoms with Gasteiger partial charge >= 0.3 is 0 Å². The Labute approximate surface area is 133 Å². The zero-order chi connectivity index (χ0) is 15.9. The maximum absolute atomic E-state index is 13.1. The summed E-state index contributed by atoms with van der Waals surface area (Å²) in [5.74, 6) is 0.466. The first-order valence-corrected chi connectivity index (χ1v) is 7.76. The van der Waals surface area contributed by atoms with Gasteiger partial charge in [-0.1, -0.05) is 12.1 Å². The molecule has 2 heterocycles.